The van der Waals surface area contributed by atoms with Crippen molar-refractivity contribution in [3.05, 3.63) is 29.8 Å². The van der Waals surface area contributed by atoms with E-state index < -0.39 is 0 Å². The number of rotatable bonds is 6. The molecular formula is C18H27NOS. The molecule has 2 fully saturated rings. The van der Waals surface area contributed by atoms with E-state index >= 15 is 0 Å². The summed E-state index contributed by atoms with van der Waals surface area (Å²) in [6.45, 7) is 2.27. The van der Waals surface area contributed by atoms with Gasteiger partial charge in [-0.2, -0.15) is 11.8 Å². The second-order valence-corrected chi connectivity index (χ2v) is 7.97. The lowest BCUT2D eigenvalue weighted by molar-refractivity contribution is 0.265. The Kier molecular flexibility index (Phi) is 5.12. The fraction of sp³-hybridized carbons (Fsp3) is 0.667. The van der Waals surface area contributed by atoms with Crippen LogP contribution in [0.2, 0.25) is 0 Å². The number of thioether (sulfide) groups is 1. The number of hydrogen-bond acceptors (Lipinski definition) is 3. The van der Waals surface area contributed by atoms with E-state index in [1.807, 2.05) is 0 Å². The fourth-order valence-corrected chi connectivity index (χ4v) is 4.86. The summed E-state index contributed by atoms with van der Waals surface area (Å²) in [5.74, 6) is 2.97. The molecule has 0 aromatic heterocycles. The smallest absolute Gasteiger partial charge is 0.118 e. The molecule has 2 atom stereocenters. The second kappa shape index (κ2) is 7.06. The van der Waals surface area contributed by atoms with Crippen LogP contribution in [0.25, 0.3) is 0 Å². The summed E-state index contributed by atoms with van der Waals surface area (Å²) in [6, 6.07) is 10.1. The van der Waals surface area contributed by atoms with Crippen LogP contribution in [0.3, 0.4) is 0 Å². The molecule has 3 rings (SSSR count). The van der Waals surface area contributed by atoms with E-state index in [1.54, 1.807) is 7.11 Å². The van der Waals surface area contributed by atoms with E-state index in [4.69, 9.17) is 4.74 Å². The molecule has 2 unspecified atom stereocenters. The lowest BCUT2D eigenvalue weighted by Crippen LogP contribution is -2.44. The molecule has 116 valence electrons. The third kappa shape index (κ3) is 3.75. The van der Waals surface area contributed by atoms with Gasteiger partial charge in [0.2, 0.25) is 0 Å². The molecule has 3 heteroatoms. The standard InChI is InChI=1S/C18H27NOS/c1-3-21-18-9-6-15(12-18)19-16-10-14(11-16)13-4-7-17(20-2)8-5-13/h4-5,7-8,14-16,18-19H,3,6,9-12H2,1-2H3. The van der Waals surface area contributed by atoms with Gasteiger partial charge >= 0.3 is 0 Å². The molecular weight excluding hydrogens is 278 g/mol. The van der Waals surface area contributed by atoms with Crippen LogP contribution in [0.1, 0.15) is 50.5 Å². The Morgan fingerprint density at radius 1 is 1.10 bits per heavy atom. The van der Waals surface area contributed by atoms with Gasteiger partial charge in [0.25, 0.3) is 0 Å². The fourth-order valence-electron chi connectivity index (χ4n) is 3.71. The topological polar surface area (TPSA) is 21.3 Å². The Morgan fingerprint density at radius 2 is 1.86 bits per heavy atom. The van der Waals surface area contributed by atoms with E-state index in [-0.39, 0.29) is 0 Å². The Balaban J connectivity index is 1.41. The predicted octanol–water partition coefficient (Wildman–Crippen LogP) is 4.21. The van der Waals surface area contributed by atoms with Crippen molar-refractivity contribution < 1.29 is 4.74 Å². The van der Waals surface area contributed by atoms with Gasteiger partial charge in [-0.15, -0.1) is 0 Å². The summed E-state index contributed by atoms with van der Waals surface area (Å²) in [6.07, 6.45) is 6.76. The second-order valence-electron chi connectivity index (χ2n) is 6.39. The Morgan fingerprint density at radius 3 is 2.52 bits per heavy atom. The van der Waals surface area contributed by atoms with Crippen molar-refractivity contribution in [3.63, 3.8) is 0 Å². The van der Waals surface area contributed by atoms with Crippen LogP contribution >= 0.6 is 11.8 Å². The summed E-state index contributed by atoms with van der Waals surface area (Å²) in [7, 11) is 1.73. The largest absolute Gasteiger partial charge is 0.497 e. The van der Waals surface area contributed by atoms with Crippen LogP contribution in [0.15, 0.2) is 24.3 Å². The van der Waals surface area contributed by atoms with Crippen molar-refractivity contribution in [1.29, 1.82) is 0 Å². The van der Waals surface area contributed by atoms with Gasteiger partial charge in [0, 0.05) is 17.3 Å². The van der Waals surface area contributed by atoms with E-state index in [2.05, 4.69) is 48.3 Å². The number of ether oxygens (including phenoxy) is 1. The van der Waals surface area contributed by atoms with E-state index in [0.717, 1.165) is 29.0 Å². The van der Waals surface area contributed by atoms with E-state index in [1.165, 1.54) is 43.4 Å². The average molecular weight is 305 g/mol. The summed E-state index contributed by atoms with van der Waals surface area (Å²) >= 11 is 2.14. The molecule has 0 amide bonds. The molecule has 2 saturated carbocycles. The molecule has 0 aliphatic heterocycles. The van der Waals surface area contributed by atoms with Crippen LogP contribution in [0, 0.1) is 0 Å². The Hall–Kier alpha value is -0.670. The molecule has 1 aromatic rings. The highest BCUT2D eigenvalue weighted by Crippen LogP contribution is 2.39. The molecule has 0 spiro atoms. The Bertz CT molecular complexity index is 441. The SMILES string of the molecule is CCSC1CCC(NC2CC(c3ccc(OC)cc3)C2)C1. The van der Waals surface area contributed by atoms with E-state index in [0.29, 0.717) is 0 Å². The maximum atomic E-state index is 5.23. The van der Waals surface area contributed by atoms with Crippen LogP contribution in [0.5, 0.6) is 5.75 Å². The first-order valence-electron chi connectivity index (χ1n) is 8.30. The van der Waals surface area contributed by atoms with Gasteiger partial charge in [-0.1, -0.05) is 19.1 Å². The van der Waals surface area contributed by atoms with Crippen molar-refractivity contribution in [3.8, 4) is 5.75 Å². The summed E-state index contributed by atoms with van der Waals surface area (Å²) in [5.41, 5.74) is 1.47. The monoisotopic (exact) mass is 305 g/mol. The minimum Gasteiger partial charge on any atom is -0.497 e. The minimum absolute atomic E-state index is 0.743. The number of hydrogen-bond donors (Lipinski definition) is 1. The quantitative estimate of drug-likeness (QED) is 0.851. The van der Waals surface area contributed by atoms with Gasteiger partial charge in [0.1, 0.15) is 5.75 Å². The van der Waals surface area contributed by atoms with Crippen molar-refractivity contribution in [2.24, 2.45) is 0 Å². The average Bonchev–Trinajstić information content (AvgIpc) is 2.90. The molecule has 21 heavy (non-hydrogen) atoms. The molecule has 2 aliphatic carbocycles. The zero-order valence-corrected chi connectivity index (χ0v) is 14.0. The highest BCUT2D eigenvalue weighted by atomic mass is 32.2. The van der Waals surface area contributed by atoms with Gasteiger partial charge < -0.3 is 10.1 Å². The summed E-state index contributed by atoms with van der Waals surface area (Å²) in [4.78, 5) is 0. The maximum absolute atomic E-state index is 5.23. The Labute approximate surface area is 133 Å². The van der Waals surface area contributed by atoms with Crippen molar-refractivity contribution >= 4 is 11.8 Å². The van der Waals surface area contributed by atoms with Crippen LogP contribution in [-0.4, -0.2) is 30.2 Å². The molecule has 2 aliphatic rings. The number of benzene rings is 1. The van der Waals surface area contributed by atoms with E-state index in [9.17, 15) is 0 Å². The van der Waals surface area contributed by atoms with Crippen molar-refractivity contribution in [1.82, 2.24) is 5.32 Å². The van der Waals surface area contributed by atoms with Gasteiger partial charge in [0.05, 0.1) is 7.11 Å². The van der Waals surface area contributed by atoms with Gasteiger partial charge in [0.15, 0.2) is 0 Å². The predicted molar refractivity (Wildman–Crippen MR) is 91.5 cm³/mol. The third-order valence-corrected chi connectivity index (χ3v) is 6.22. The highest BCUT2D eigenvalue weighted by Gasteiger charge is 2.33. The van der Waals surface area contributed by atoms with Gasteiger partial charge in [-0.05, 0) is 61.5 Å². The van der Waals surface area contributed by atoms with Crippen molar-refractivity contribution in [2.45, 2.75) is 62.3 Å². The highest BCUT2D eigenvalue weighted by molar-refractivity contribution is 7.99. The normalized spacial score (nSPS) is 31.9. The van der Waals surface area contributed by atoms with Gasteiger partial charge in [-0.3, -0.25) is 0 Å². The maximum Gasteiger partial charge on any atom is 0.118 e. The molecule has 0 radical (unpaired) electrons. The molecule has 0 heterocycles. The first-order chi connectivity index (χ1) is 10.3. The van der Waals surface area contributed by atoms with Crippen molar-refractivity contribution in [2.75, 3.05) is 12.9 Å². The lowest BCUT2D eigenvalue weighted by atomic mass is 9.75. The zero-order chi connectivity index (χ0) is 14.7. The summed E-state index contributed by atoms with van der Waals surface area (Å²) < 4.78 is 5.23. The summed E-state index contributed by atoms with van der Waals surface area (Å²) in [5, 5.41) is 4.80. The minimum atomic E-state index is 0.743. The molecule has 1 N–H and O–H groups in total. The van der Waals surface area contributed by atoms with Crippen LogP contribution < -0.4 is 10.1 Å². The first-order valence-corrected chi connectivity index (χ1v) is 9.35. The van der Waals surface area contributed by atoms with Crippen LogP contribution in [-0.2, 0) is 0 Å². The molecule has 0 bridgehead atoms. The molecule has 1 aromatic carbocycles. The van der Waals surface area contributed by atoms with Crippen LogP contribution in [0.4, 0.5) is 0 Å². The number of methoxy groups -OCH3 is 1. The number of nitrogens with one attached hydrogen (secondary N) is 1. The molecule has 0 saturated heterocycles. The zero-order valence-electron chi connectivity index (χ0n) is 13.2. The first kappa shape index (κ1) is 15.2. The van der Waals surface area contributed by atoms with Gasteiger partial charge in [-0.25, -0.2) is 0 Å². The third-order valence-electron chi connectivity index (χ3n) is 4.98. The lowest BCUT2D eigenvalue weighted by Gasteiger charge is -2.38. The molecule has 2 nitrogen and oxygen atoms in total.